The maximum atomic E-state index is 10.2. The van der Waals surface area contributed by atoms with Crippen molar-refractivity contribution in [1.82, 2.24) is 4.98 Å². The van der Waals surface area contributed by atoms with Gasteiger partial charge in [-0.25, -0.2) is 0 Å². The van der Waals surface area contributed by atoms with Crippen molar-refractivity contribution >= 4 is 11.5 Å². The maximum Gasteiger partial charge on any atom is 0.239 e. The summed E-state index contributed by atoms with van der Waals surface area (Å²) in [5.74, 6) is 1.02. The molecular weight excluding hydrogens is 258 g/mol. The topological polar surface area (TPSA) is 89.6 Å². The Hall–Kier alpha value is -1.53. The molecule has 112 valence electrons. The second kappa shape index (κ2) is 5.46. The predicted octanol–water partition coefficient (Wildman–Crippen LogP) is 1.40. The molecule has 1 aromatic rings. The molecule has 1 aliphatic heterocycles. The SMILES string of the molecule is CC(C)(C)Oc1nc(NCC2(O)CCOC2)ccc1N. The average Bonchev–Trinajstić information content (AvgIpc) is 2.76. The van der Waals surface area contributed by atoms with Gasteiger partial charge in [-0.1, -0.05) is 0 Å². The van der Waals surface area contributed by atoms with E-state index in [1.165, 1.54) is 0 Å². The fraction of sp³-hybridized carbons (Fsp3) is 0.643. The van der Waals surface area contributed by atoms with Gasteiger partial charge in [0.1, 0.15) is 17.0 Å². The molecule has 2 heterocycles. The highest BCUT2D eigenvalue weighted by molar-refractivity contribution is 5.53. The Bertz CT molecular complexity index is 465. The number of aromatic nitrogens is 1. The summed E-state index contributed by atoms with van der Waals surface area (Å²) in [5.41, 5.74) is 5.16. The fourth-order valence-corrected chi connectivity index (χ4v) is 1.91. The molecule has 0 aliphatic carbocycles. The third-order valence-corrected chi connectivity index (χ3v) is 2.97. The zero-order chi connectivity index (χ0) is 14.8. The van der Waals surface area contributed by atoms with Gasteiger partial charge in [0.05, 0.1) is 12.3 Å². The van der Waals surface area contributed by atoms with Crippen molar-refractivity contribution in [3.63, 3.8) is 0 Å². The second-order valence-electron chi connectivity index (χ2n) is 6.19. The van der Waals surface area contributed by atoms with Gasteiger partial charge in [0.2, 0.25) is 5.88 Å². The summed E-state index contributed by atoms with van der Waals surface area (Å²) >= 11 is 0. The Kier molecular flexibility index (Phi) is 4.06. The summed E-state index contributed by atoms with van der Waals surface area (Å²) in [5, 5.41) is 13.3. The molecule has 1 atom stereocenters. The number of rotatable bonds is 4. The van der Waals surface area contributed by atoms with Crippen LogP contribution in [0.4, 0.5) is 11.5 Å². The van der Waals surface area contributed by atoms with E-state index in [1.807, 2.05) is 20.8 Å². The van der Waals surface area contributed by atoms with E-state index in [9.17, 15) is 5.11 Å². The first-order chi connectivity index (χ1) is 9.27. The Labute approximate surface area is 119 Å². The zero-order valence-corrected chi connectivity index (χ0v) is 12.3. The number of nitrogens with one attached hydrogen (secondary N) is 1. The molecule has 0 amide bonds. The van der Waals surface area contributed by atoms with E-state index in [2.05, 4.69) is 10.3 Å². The molecule has 1 saturated heterocycles. The molecule has 6 heteroatoms. The zero-order valence-electron chi connectivity index (χ0n) is 12.3. The molecule has 4 N–H and O–H groups in total. The number of nitrogens with two attached hydrogens (primary N) is 1. The van der Waals surface area contributed by atoms with Gasteiger partial charge in [-0.15, -0.1) is 0 Å². The number of hydrogen-bond acceptors (Lipinski definition) is 6. The predicted molar refractivity (Wildman–Crippen MR) is 77.9 cm³/mol. The van der Waals surface area contributed by atoms with Crippen LogP contribution in [-0.2, 0) is 4.74 Å². The van der Waals surface area contributed by atoms with Crippen molar-refractivity contribution in [3.05, 3.63) is 12.1 Å². The van der Waals surface area contributed by atoms with Gasteiger partial charge < -0.3 is 25.6 Å². The lowest BCUT2D eigenvalue weighted by molar-refractivity contribution is 0.0381. The lowest BCUT2D eigenvalue weighted by atomic mass is 10.0. The number of nitrogens with zero attached hydrogens (tertiary/aromatic N) is 1. The quantitative estimate of drug-likeness (QED) is 0.773. The van der Waals surface area contributed by atoms with E-state index in [0.717, 1.165) is 0 Å². The molecule has 6 nitrogen and oxygen atoms in total. The highest BCUT2D eigenvalue weighted by Crippen LogP contribution is 2.25. The average molecular weight is 281 g/mol. The molecule has 0 spiro atoms. The minimum atomic E-state index is -0.825. The smallest absolute Gasteiger partial charge is 0.239 e. The number of pyridine rings is 1. The van der Waals surface area contributed by atoms with Gasteiger partial charge in [-0.05, 0) is 32.9 Å². The van der Waals surface area contributed by atoms with Crippen LogP contribution in [0.15, 0.2) is 12.1 Å². The van der Waals surface area contributed by atoms with Crippen LogP contribution in [0.2, 0.25) is 0 Å². The van der Waals surface area contributed by atoms with Crippen molar-refractivity contribution in [3.8, 4) is 5.88 Å². The van der Waals surface area contributed by atoms with Gasteiger partial charge in [-0.2, -0.15) is 4.98 Å². The third-order valence-electron chi connectivity index (χ3n) is 2.97. The normalized spacial score (nSPS) is 22.8. The monoisotopic (exact) mass is 281 g/mol. The number of ether oxygens (including phenoxy) is 2. The van der Waals surface area contributed by atoms with Crippen LogP contribution in [0.5, 0.6) is 5.88 Å². The van der Waals surface area contributed by atoms with E-state index in [1.54, 1.807) is 12.1 Å². The van der Waals surface area contributed by atoms with E-state index in [0.29, 0.717) is 43.6 Å². The van der Waals surface area contributed by atoms with Crippen LogP contribution in [-0.4, -0.2) is 41.1 Å². The number of anilines is 2. The molecule has 1 aromatic heterocycles. The van der Waals surface area contributed by atoms with Gasteiger partial charge in [0, 0.05) is 19.6 Å². The third kappa shape index (κ3) is 3.98. The highest BCUT2D eigenvalue weighted by atomic mass is 16.5. The van der Waals surface area contributed by atoms with Crippen molar-refractivity contribution in [2.45, 2.75) is 38.4 Å². The Morgan fingerprint density at radius 1 is 1.50 bits per heavy atom. The van der Waals surface area contributed by atoms with Gasteiger partial charge >= 0.3 is 0 Å². The van der Waals surface area contributed by atoms with Crippen LogP contribution in [0.1, 0.15) is 27.2 Å². The number of hydrogen-bond donors (Lipinski definition) is 3. The Morgan fingerprint density at radius 2 is 2.25 bits per heavy atom. The standard InChI is InChI=1S/C14H23N3O3/c1-13(2,3)20-12-10(15)4-5-11(17-12)16-8-14(18)6-7-19-9-14/h4-5,18H,6-9,15H2,1-3H3,(H,16,17). The molecule has 1 unspecified atom stereocenters. The maximum absolute atomic E-state index is 10.2. The van der Waals surface area contributed by atoms with Crippen LogP contribution in [0.25, 0.3) is 0 Å². The second-order valence-corrected chi connectivity index (χ2v) is 6.19. The first-order valence-electron chi connectivity index (χ1n) is 6.77. The first kappa shape index (κ1) is 14.9. The van der Waals surface area contributed by atoms with Crippen molar-refractivity contribution < 1.29 is 14.6 Å². The van der Waals surface area contributed by atoms with Gasteiger partial charge in [0.25, 0.3) is 0 Å². The van der Waals surface area contributed by atoms with E-state index < -0.39 is 5.60 Å². The van der Waals surface area contributed by atoms with Crippen molar-refractivity contribution in [2.24, 2.45) is 0 Å². The molecular formula is C14H23N3O3. The van der Waals surface area contributed by atoms with E-state index in [4.69, 9.17) is 15.2 Å². The Balaban J connectivity index is 2.03. The summed E-state index contributed by atoms with van der Waals surface area (Å²) in [6.07, 6.45) is 0.625. The molecule has 2 rings (SSSR count). The van der Waals surface area contributed by atoms with Crippen molar-refractivity contribution in [2.75, 3.05) is 30.8 Å². The molecule has 0 saturated carbocycles. The van der Waals surface area contributed by atoms with Crippen molar-refractivity contribution in [1.29, 1.82) is 0 Å². The van der Waals surface area contributed by atoms with Gasteiger partial charge in [0.15, 0.2) is 0 Å². The number of aliphatic hydroxyl groups is 1. The Morgan fingerprint density at radius 3 is 2.85 bits per heavy atom. The number of nitrogen functional groups attached to an aromatic ring is 1. The summed E-state index contributed by atoms with van der Waals surface area (Å²) in [7, 11) is 0. The molecule has 0 radical (unpaired) electrons. The summed E-state index contributed by atoms with van der Waals surface area (Å²) in [6, 6.07) is 3.51. The fourth-order valence-electron chi connectivity index (χ4n) is 1.91. The lowest BCUT2D eigenvalue weighted by Gasteiger charge is -2.23. The summed E-state index contributed by atoms with van der Waals surface area (Å²) in [6.45, 7) is 7.14. The molecule has 0 bridgehead atoms. The molecule has 1 fully saturated rings. The van der Waals surface area contributed by atoms with Crippen LogP contribution >= 0.6 is 0 Å². The molecule has 0 aromatic carbocycles. The lowest BCUT2D eigenvalue weighted by Crippen LogP contribution is -2.37. The summed E-state index contributed by atoms with van der Waals surface area (Å²) in [4.78, 5) is 4.34. The van der Waals surface area contributed by atoms with E-state index in [-0.39, 0.29) is 5.60 Å². The van der Waals surface area contributed by atoms with E-state index >= 15 is 0 Å². The largest absolute Gasteiger partial charge is 0.470 e. The highest BCUT2D eigenvalue weighted by Gasteiger charge is 2.32. The van der Waals surface area contributed by atoms with Crippen LogP contribution in [0.3, 0.4) is 0 Å². The summed E-state index contributed by atoms with van der Waals surface area (Å²) < 4.78 is 10.9. The first-order valence-corrected chi connectivity index (χ1v) is 6.77. The molecule has 1 aliphatic rings. The minimum absolute atomic E-state index is 0.348. The van der Waals surface area contributed by atoms with Crippen LogP contribution < -0.4 is 15.8 Å². The molecule has 20 heavy (non-hydrogen) atoms. The van der Waals surface area contributed by atoms with Gasteiger partial charge in [-0.3, -0.25) is 0 Å². The van der Waals surface area contributed by atoms with Crippen LogP contribution in [0, 0.1) is 0 Å². The minimum Gasteiger partial charge on any atom is -0.470 e.